The molecule has 0 bridgehead atoms. The largest absolute Gasteiger partial charge is 0.502 e. The molecule has 168 valence electrons. The Balaban J connectivity index is 1.68. The first kappa shape index (κ1) is 20.7. The van der Waals surface area contributed by atoms with E-state index in [0.29, 0.717) is 24.8 Å². The van der Waals surface area contributed by atoms with Crippen molar-refractivity contribution in [2.75, 3.05) is 24.8 Å². The molecule has 0 radical (unpaired) electrons. The van der Waals surface area contributed by atoms with Gasteiger partial charge >= 0.3 is 0 Å². The first-order valence-electron chi connectivity index (χ1n) is 10.7. The normalized spacial score (nSPS) is 21.5. The summed E-state index contributed by atoms with van der Waals surface area (Å²) in [6.07, 6.45) is 1.12. The molecular formula is C24H20ClN3O4S. The standard InChI is InChI=1S/C24H20ClN3O4S/c25-16-6-3-4-14-13-33-18-7-2-1-5-15(18)21(20(14)16)28-19-12-32-11-10-26(19)24(31)22-23(30)17(29)8-9-27(22)28/h1-9,19,21,30H,10-13H2/t19-,21-/m0/s1. The van der Waals surface area contributed by atoms with Crippen molar-refractivity contribution in [1.82, 2.24) is 9.58 Å². The zero-order valence-electron chi connectivity index (χ0n) is 17.5. The topological polar surface area (TPSA) is 75.0 Å². The van der Waals surface area contributed by atoms with Crippen LogP contribution in [0.5, 0.6) is 5.75 Å². The zero-order valence-corrected chi connectivity index (χ0v) is 19.1. The molecule has 0 spiro atoms. The van der Waals surface area contributed by atoms with E-state index in [9.17, 15) is 14.7 Å². The van der Waals surface area contributed by atoms with E-state index in [2.05, 4.69) is 18.2 Å². The van der Waals surface area contributed by atoms with Gasteiger partial charge in [-0.05, 0) is 23.3 Å². The molecule has 9 heteroatoms. The summed E-state index contributed by atoms with van der Waals surface area (Å²) in [4.78, 5) is 28.4. The summed E-state index contributed by atoms with van der Waals surface area (Å²) in [7, 11) is 0. The van der Waals surface area contributed by atoms with Gasteiger partial charge in [0.05, 0.1) is 13.2 Å². The van der Waals surface area contributed by atoms with Gasteiger partial charge in [0, 0.05) is 40.0 Å². The quantitative estimate of drug-likeness (QED) is 0.574. The number of aromatic nitrogens is 1. The van der Waals surface area contributed by atoms with Gasteiger partial charge in [-0.25, -0.2) is 0 Å². The number of benzene rings is 2. The summed E-state index contributed by atoms with van der Waals surface area (Å²) >= 11 is 8.57. The first-order valence-corrected chi connectivity index (χ1v) is 12.0. The Bertz CT molecular complexity index is 1340. The average molecular weight is 482 g/mol. The highest BCUT2D eigenvalue weighted by Gasteiger charge is 2.46. The summed E-state index contributed by atoms with van der Waals surface area (Å²) in [5.41, 5.74) is 2.46. The summed E-state index contributed by atoms with van der Waals surface area (Å²) in [5, 5.41) is 13.3. The Morgan fingerprint density at radius 3 is 2.82 bits per heavy atom. The van der Waals surface area contributed by atoms with Crippen LogP contribution in [-0.2, 0) is 10.5 Å². The number of fused-ring (bicyclic) bond motifs is 4. The van der Waals surface area contributed by atoms with Gasteiger partial charge in [-0.3, -0.25) is 19.3 Å². The molecule has 2 atom stereocenters. The van der Waals surface area contributed by atoms with Crippen LogP contribution in [0.25, 0.3) is 0 Å². The van der Waals surface area contributed by atoms with E-state index >= 15 is 0 Å². The predicted molar refractivity (Wildman–Crippen MR) is 126 cm³/mol. The molecule has 7 nitrogen and oxygen atoms in total. The molecule has 3 aliphatic rings. The molecule has 4 heterocycles. The van der Waals surface area contributed by atoms with Crippen molar-refractivity contribution >= 4 is 29.3 Å². The van der Waals surface area contributed by atoms with Gasteiger partial charge in [0.2, 0.25) is 5.43 Å². The van der Waals surface area contributed by atoms with Crippen molar-refractivity contribution in [3.8, 4) is 5.75 Å². The van der Waals surface area contributed by atoms with Crippen LogP contribution >= 0.6 is 23.4 Å². The van der Waals surface area contributed by atoms with Crippen LogP contribution in [0.3, 0.4) is 0 Å². The summed E-state index contributed by atoms with van der Waals surface area (Å²) in [5.74, 6) is -0.179. The van der Waals surface area contributed by atoms with Crippen LogP contribution in [0, 0.1) is 0 Å². The number of carbonyl (C=O) groups is 1. The van der Waals surface area contributed by atoms with Crippen molar-refractivity contribution in [2.45, 2.75) is 22.9 Å². The lowest BCUT2D eigenvalue weighted by Gasteiger charge is -2.51. The van der Waals surface area contributed by atoms with Crippen molar-refractivity contribution in [3.63, 3.8) is 0 Å². The summed E-state index contributed by atoms with van der Waals surface area (Å²) in [6, 6.07) is 14.9. The van der Waals surface area contributed by atoms with Crippen molar-refractivity contribution in [2.24, 2.45) is 0 Å². The number of ether oxygens (including phenoxy) is 1. The number of hydrogen-bond donors (Lipinski definition) is 1. The van der Waals surface area contributed by atoms with Crippen LogP contribution < -0.4 is 10.4 Å². The van der Waals surface area contributed by atoms with E-state index in [1.807, 2.05) is 29.3 Å². The lowest BCUT2D eigenvalue weighted by atomic mass is 9.93. The lowest BCUT2D eigenvalue weighted by molar-refractivity contribution is -0.0197. The second-order valence-electron chi connectivity index (χ2n) is 8.20. The molecule has 0 unspecified atom stereocenters. The van der Waals surface area contributed by atoms with Gasteiger partial charge in [-0.15, -0.1) is 11.8 Å². The third-order valence-electron chi connectivity index (χ3n) is 6.45. The molecule has 3 aliphatic heterocycles. The Morgan fingerprint density at radius 2 is 1.94 bits per heavy atom. The molecule has 33 heavy (non-hydrogen) atoms. The van der Waals surface area contributed by atoms with E-state index in [1.165, 1.54) is 6.07 Å². The second-order valence-corrected chi connectivity index (χ2v) is 9.62. The monoisotopic (exact) mass is 481 g/mol. The van der Waals surface area contributed by atoms with E-state index in [1.54, 1.807) is 27.5 Å². The maximum atomic E-state index is 13.4. The van der Waals surface area contributed by atoms with Gasteiger partial charge < -0.3 is 14.7 Å². The van der Waals surface area contributed by atoms with Gasteiger partial charge in [-0.1, -0.05) is 41.9 Å². The fourth-order valence-corrected chi connectivity index (χ4v) is 6.35. The maximum Gasteiger partial charge on any atom is 0.278 e. The minimum atomic E-state index is -0.587. The number of hydrogen-bond acceptors (Lipinski definition) is 6. The third kappa shape index (κ3) is 3.08. The summed E-state index contributed by atoms with van der Waals surface area (Å²) in [6.45, 7) is 1.05. The molecule has 1 N–H and O–H groups in total. The Morgan fingerprint density at radius 1 is 1.09 bits per heavy atom. The van der Waals surface area contributed by atoms with Crippen LogP contribution in [0.15, 0.2) is 64.4 Å². The van der Waals surface area contributed by atoms with Crippen LogP contribution in [0.4, 0.5) is 0 Å². The molecule has 6 rings (SSSR count). The minimum Gasteiger partial charge on any atom is -0.502 e. The highest BCUT2D eigenvalue weighted by atomic mass is 35.5. The van der Waals surface area contributed by atoms with Crippen LogP contribution in [0.1, 0.15) is 33.2 Å². The van der Waals surface area contributed by atoms with Gasteiger partial charge in [0.15, 0.2) is 11.4 Å². The van der Waals surface area contributed by atoms with E-state index in [0.717, 1.165) is 27.3 Å². The second kappa shape index (κ2) is 7.83. The molecule has 3 aromatic rings. The Kier molecular flexibility index (Phi) is 4.90. The Labute approximate surface area is 199 Å². The van der Waals surface area contributed by atoms with Gasteiger partial charge in [0.25, 0.3) is 5.91 Å². The fourth-order valence-electron chi connectivity index (χ4n) is 4.97. The molecular weight excluding hydrogens is 462 g/mol. The maximum absolute atomic E-state index is 13.4. The third-order valence-corrected chi connectivity index (χ3v) is 7.92. The molecule has 1 aromatic heterocycles. The first-order chi connectivity index (χ1) is 16.1. The fraction of sp³-hybridized carbons (Fsp3) is 0.250. The minimum absolute atomic E-state index is 0.0383. The highest BCUT2D eigenvalue weighted by molar-refractivity contribution is 7.98. The number of amides is 1. The van der Waals surface area contributed by atoms with E-state index in [-0.39, 0.29) is 17.6 Å². The lowest BCUT2D eigenvalue weighted by Crippen LogP contribution is -2.66. The SMILES string of the molecule is O=C1c2c(O)c(=O)ccn2N([C@H]2c3ccccc3SCc3cccc(Cl)c32)[C@H]2COCCN12. The average Bonchev–Trinajstić information content (AvgIpc) is 3.00. The molecule has 2 aromatic carbocycles. The number of carbonyl (C=O) groups excluding carboxylic acids is 1. The van der Waals surface area contributed by atoms with Crippen molar-refractivity contribution < 1.29 is 14.6 Å². The predicted octanol–water partition coefficient (Wildman–Crippen LogP) is 3.35. The van der Waals surface area contributed by atoms with Gasteiger partial charge in [0.1, 0.15) is 12.2 Å². The van der Waals surface area contributed by atoms with E-state index in [4.69, 9.17) is 16.3 Å². The smallest absolute Gasteiger partial charge is 0.278 e. The number of pyridine rings is 1. The van der Waals surface area contributed by atoms with Crippen LogP contribution in [-0.4, -0.2) is 46.5 Å². The van der Waals surface area contributed by atoms with Gasteiger partial charge in [-0.2, -0.15) is 0 Å². The molecule has 0 saturated carbocycles. The number of rotatable bonds is 1. The molecule has 1 fully saturated rings. The highest BCUT2D eigenvalue weighted by Crippen LogP contribution is 2.46. The zero-order chi connectivity index (χ0) is 22.7. The number of morpholine rings is 1. The molecule has 1 amide bonds. The van der Waals surface area contributed by atoms with Crippen molar-refractivity contribution in [3.05, 3.63) is 92.4 Å². The van der Waals surface area contributed by atoms with Crippen LogP contribution in [0.2, 0.25) is 5.02 Å². The Hall–Kier alpha value is -2.94. The summed E-state index contributed by atoms with van der Waals surface area (Å²) < 4.78 is 7.41. The number of thioether (sulfide) groups is 1. The molecule has 1 saturated heterocycles. The van der Waals surface area contributed by atoms with Crippen molar-refractivity contribution in [1.29, 1.82) is 0 Å². The molecule has 0 aliphatic carbocycles. The number of halogens is 1. The number of nitrogens with zero attached hydrogens (tertiary/aromatic N) is 3. The number of aromatic hydroxyl groups is 1. The van der Waals surface area contributed by atoms with E-state index < -0.39 is 17.3 Å².